The minimum absolute atomic E-state index is 0.249. The smallest absolute Gasteiger partial charge is 0.152 e. The summed E-state index contributed by atoms with van der Waals surface area (Å²) in [7, 11) is 1.73. The van der Waals surface area contributed by atoms with Crippen LogP contribution in [0.3, 0.4) is 0 Å². The van der Waals surface area contributed by atoms with E-state index in [9.17, 15) is 13.6 Å². The molecular weight excluding hydrogens is 248 g/mol. The lowest BCUT2D eigenvalue weighted by atomic mass is 10.1. The number of rotatable bonds is 4. The second kappa shape index (κ2) is 5.61. The third-order valence-electron chi connectivity index (χ3n) is 2.89. The molecule has 0 aliphatic carbocycles. The standard InChI is InChI=1S/C15H13F2NO/c1-18(9-11-4-2-3-5-14(11)17)15-7-6-13(16)8-12(15)10-19/h2-8,10H,9H2,1H3. The van der Waals surface area contributed by atoms with Crippen LogP contribution in [0.5, 0.6) is 0 Å². The molecule has 0 aliphatic rings. The van der Waals surface area contributed by atoms with E-state index in [1.807, 2.05) is 0 Å². The Balaban J connectivity index is 2.28. The number of anilines is 1. The van der Waals surface area contributed by atoms with Gasteiger partial charge in [-0.2, -0.15) is 0 Å². The summed E-state index contributed by atoms with van der Waals surface area (Å²) in [6, 6.07) is 10.4. The van der Waals surface area contributed by atoms with E-state index in [2.05, 4.69) is 0 Å². The van der Waals surface area contributed by atoms with Gasteiger partial charge in [0.1, 0.15) is 11.6 Å². The predicted octanol–water partition coefficient (Wildman–Crippen LogP) is 3.41. The highest BCUT2D eigenvalue weighted by atomic mass is 19.1. The number of carbonyl (C=O) groups excluding carboxylic acids is 1. The summed E-state index contributed by atoms with van der Waals surface area (Å²) >= 11 is 0. The Labute approximate surface area is 110 Å². The maximum absolute atomic E-state index is 13.6. The maximum atomic E-state index is 13.6. The number of nitrogens with zero attached hydrogens (tertiary/aromatic N) is 1. The highest BCUT2D eigenvalue weighted by Crippen LogP contribution is 2.21. The number of aldehydes is 1. The molecule has 2 nitrogen and oxygen atoms in total. The van der Waals surface area contributed by atoms with Gasteiger partial charge in [0.15, 0.2) is 6.29 Å². The van der Waals surface area contributed by atoms with Crippen LogP contribution in [-0.2, 0) is 6.54 Å². The first-order valence-corrected chi connectivity index (χ1v) is 5.81. The summed E-state index contributed by atoms with van der Waals surface area (Å²) in [6.07, 6.45) is 0.594. The number of halogens is 2. The van der Waals surface area contributed by atoms with Crippen molar-refractivity contribution < 1.29 is 13.6 Å². The van der Waals surface area contributed by atoms with Gasteiger partial charge >= 0.3 is 0 Å². The Hall–Kier alpha value is -2.23. The average molecular weight is 261 g/mol. The van der Waals surface area contributed by atoms with E-state index in [4.69, 9.17) is 0 Å². The van der Waals surface area contributed by atoms with Gasteiger partial charge in [0.25, 0.3) is 0 Å². The van der Waals surface area contributed by atoms with Gasteiger partial charge in [-0.1, -0.05) is 18.2 Å². The zero-order valence-electron chi connectivity index (χ0n) is 10.4. The number of benzene rings is 2. The van der Waals surface area contributed by atoms with Crippen LogP contribution in [0.4, 0.5) is 14.5 Å². The molecule has 0 heterocycles. The molecule has 0 radical (unpaired) electrons. The van der Waals surface area contributed by atoms with Gasteiger partial charge in [-0.15, -0.1) is 0 Å². The lowest BCUT2D eigenvalue weighted by molar-refractivity contribution is 0.112. The van der Waals surface area contributed by atoms with Crippen molar-refractivity contribution in [3.05, 3.63) is 65.2 Å². The summed E-state index contributed by atoms with van der Waals surface area (Å²) in [5.74, 6) is -0.769. The van der Waals surface area contributed by atoms with Crippen molar-refractivity contribution in [2.45, 2.75) is 6.54 Å². The van der Waals surface area contributed by atoms with Gasteiger partial charge in [-0.25, -0.2) is 8.78 Å². The van der Waals surface area contributed by atoms with Gasteiger partial charge in [0, 0.05) is 30.4 Å². The topological polar surface area (TPSA) is 20.3 Å². The maximum Gasteiger partial charge on any atom is 0.152 e. The SMILES string of the molecule is CN(Cc1ccccc1F)c1ccc(F)cc1C=O. The minimum atomic E-state index is -0.467. The zero-order valence-corrected chi connectivity index (χ0v) is 10.4. The van der Waals surface area contributed by atoms with Crippen LogP contribution in [0.1, 0.15) is 15.9 Å². The van der Waals surface area contributed by atoms with E-state index in [1.54, 1.807) is 30.1 Å². The molecule has 19 heavy (non-hydrogen) atoms. The van der Waals surface area contributed by atoms with E-state index in [0.717, 1.165) is 0 Å². The first-order chi connectivity index (χ1) is 9.11. The van der Waals surface area contributed by atoms with Crippen LogP contribution in [0.2, 0.25) is 0 Å². The molecule has 0 saturated heterocycles. The van der Waals surface area contributed by atoms with E-state index < -0.39 is 5.82 Å². The van der Waals surface area contributed by atoms with E-state index >= 15 is 0 Å². The van der Waals surface area contributed by atoms with E-state index in [0.29, 0.717) is 24.1 Å². The fraction of sp³-hybridized carbons (Fsp3) is 0.133. The second-order valence-electron chi connectivity index (χ2n) is 4.27. The third-order valence-corrected chi connectivity index (χ3v) is 2.89. The molecule has 0 aromatic heterocycles. The Morgan fingerprint density at radius 1 is 1.16 bits per heavy atom. The number of carbonyl (C=O) groups is 1. The van der Waals surface area contributed by atoms with Crippen LogP contribution in [0.15, 0.2) is 42.5 Å². The fourth-order valence-corrected chi connectivity index (χ4v) is 1.93. The molecular formula is C15H13F2NO. The van der Waals surface area contributed by atoms with Crippen molar-refractivity contribution in [1.29, 1.82) is 0 Å². The first kappa shape index (κ1) is 13.2. The van der Waals surface area contributed by atoms with Crippen LogP contribution in [-0.4, -0.2) is 13.3 Å². The van der Waals surface area contributed by atoms with Gasteiger partial charge in [-0.05, 0) is 24.3 Å². The number of hydrogen-bond acceptors (Lipinski definition) is 2. The van der Waals surface area contributed by atoms with Crippen molar-refractivity contribution in [2.75, 3.05) is 11.9 Å². The third kappa shape index (κ3) is 2.96. The van der Waals surface area contributed by atoms with Crippen LogP contribution in [0, 0.1) is 11.6 Å². The van der Waals surface area contributed by atoms with Gasteiger partial charge < -0.3 is 4.90 Å². The lowest BCUT2D eigenvalue weighted by Gasteiger charge is -2.21. The predicted molar refractivity (Wildman–Crippen MR) is 70.3 cm³/mol. The lowest BCUT2D eigenvalue weighted by Crippen LogP contribution is -2.18. The zero-order chi connectivity index (χ0) is 13.8. The molecule has 0 N–H and O–H groups in total. The van der Waals surface area contributed by atoms with Crippen molar-refractivity contribution in [3.63, 3.8) is 0 Å². The van der Waals surface area contributed by atoms with Gasteiger partial charge in [-0.3, -0.25) is 4.79 Å². The molecule has 2 rings (SSSR count). The van der Waals surface area contributed by atoms with Crippen LogP contribution in [0.25, 0.3) is 0 Å². The molecule has 0 aliphatic heterocycles. The summed E-state index contributed by atoms with van der Waals surface area (Å²) in [5.41, 5.74) is 1.34. The van der Waals surface area contributed by atoms with Gasteiger partial charge in [0.2, 0.25) is 0 Å². The van der Waals surface area contributed by atoms with Gasteiger partial charge in [0.05, 0.1) is 0 Å². The fourth-order valence-electron chi connectivity index (χ4n) is 1.93. The molecule has 0 amide bonds. The number of hydrogen-bond donors (Lipinski definition) is 0. The summed E-state index contributed by atoms with van der Waals surface area (Å²) < 4.78 is 26.6. The van der Waals surface area contributed by atoms with Crippen molar-refractivity contribution >= 4 is 12.0 Å². The molecule has 0 spiro atoms. The Kier molecular flexibility index (Phi) is 3.90. The molecule has 0 unspecified atom stereocenters. The van der Waals surface area contributed by atoms with Crippen LogP contribution < -0.4 is 4.90 Å². The molecule has 0 bridgehead atoms. The van der Waals surface area contributed by atoms with Crippen molar-refractivity contribution in [1.82, 2.24) is 0 Å². The largest absolute Gasteiger partial charge is 0.370 e. The average Bonchev–Trinajstić information content (AvgIpc) is 2.41. The highest BCUT2D eigenvalue weighted by molar-refractivity contribution is 5.84. The van der Waals surface area contributed by atoms with Crippen molar-refractivity contribution in [3.8, 4) is 0 Å². The Morgan fingerprint density at radius 2 is 1.89 bits per heavy atom. The molecule has 98 valence electrons. The van der Waals surface area contributed by atoms with Crippen LogP contribution >= 0.6 is 0 Å². The molecule has 0 fully saturated rings. The van der Waals surface area contributed by atoms with Crippen molar-refractivity contribution in [2.24, 2.45) is 0 Å². The second-order valence-corrected chi connectivity index (χ2v) is 4.27. The summed E-state index contributed by atoms with van der Waals surface area (Å²) in [4.78, 5) is 12.6. The molecule has 0 saturated carbocycles. The molecule has 2 aromatic carbocycles. The van der Waals surface area contributed by atoms with E-state index in [-0.39, 0.29) is 11.4 Å². The van der Waals surface area contributed by atoms with E-state index in [1.165, 1.54) is 24.3 Å². The quantitative estimate of drug-likeness (QED) is 0.786. The molecule has 4 heteroatoms. The summed E-state index contributed by atoms with van der Waals surface area (Å²) in [5, 5.41) is 0. The highest BCUT2D eigenvalue weighted by Gasteiger charge is 2.10. The normalized spacial score (nSPS) is 10.3. The molecule has 0 atom stereocenters. The Morgan fingerprint density at radius 3 is 2.58 bits per heavy atom. The minimum Gasteiger partial charge on any atom is -0.370 e. The first-order valence-electron chi connectivity index (χ1n) is 5.81. The Bertz CT molecular complexity index is 598. The summed E-state index contributed by atoms with van der Waals surface area (Å²) in [6.45, 7) is 0.305. The monoisotopic (exact) mass is 261 g/mol. The molecule has 2 aromatic rings.